The van der Waals surface area contributed by atoms with Crippen molar-refractivity contribution < 1.29 is 12.8 Å². The number of rotatable bonds is 4. The van der Waals surface area contributed by atoms with Crippen LogP contribution >= 0.6 is 0 Å². The molecule has 0 spiro atoms. The first kappa shape index (κ1) is 14.7. The Kier molecular flexibility index (Phi) is 4.20. The quantitative estimate of drug-likeness (QED) is 0.942. The molecule has 0 aliphatic carbocycles. The van der Waals surface area contributed by atoms with Crippen molar-refractivity contribution in [1.82, 2.24) is 0 Å². The van der Waals surface area contributed by atoms with E-state index in [0.717, 1.165) is 5.56 Å². The number of benzene rings is 2. The van der Waals surface area contributed by atoms with Gasteiger partial charge in [0.2, 0.25) is 0 Å². The van der Waals surface area contributed by atoms with E-state index >= 15 is 0 Å². The maximum atomic E-state index is 13.3. The van der Waals surface area contributed by atoms with Gasteiger partial charge in [0.1, 0.15) is 11.1 Å². The molecule has 0 heterocycles. The number of sulfone groups is 1. The summed E-state index contributed by atoms with van der Waals surface area (Å²) < 4.78 is 38.4. The van der Waals surface area contributed by atoms with Crippen molar-refractivity contribution >= 4 is 9.84 Å². The topological polar surface area (TPSA) is 60.2 Å². The van der Waals surface area contributed by atoms with Gasteiger partial charge in [-0.1, -0.05) is 29.8 Å². The second-order valence-electron chi connectivity index (χ2n) is 4.64. The smallest absolute Gasteiger partial charge is 0.186 e. The monoisotopic (exact) mass is 293 g/mol. The van der Waals surface area contributed by atoms with Crippen LogP contribution in [0.3, 0.4) is 0 Å². The van der Waals surface area contributed by atoms with Gasteiger partial charge in [-0.2, -0.15) is 0 Å². The van der Waals surface area contributed by atoms with Gasteiger partial charge in [-0.15, -0.1) is 0 Å². The molecule has 0 bridgehead atoms. The molecule has 2 rings (SSSR count). The molecule has 1 atom stereocenters. The minimum absolute atomic E-state index is 0.0976. The van der Waals surface area contributed by atoms with Gasteiger partial charge in [-0.05, 0) is 36.8 Å². The molecule has 0 unspecified atom stereocenters. The van der Waals surface area contributed by atoms with Gasteiger partial charge in [0.25, 0.3) is 0 Å². The highest BCUT2D eigenvalue weighted by molar-refractivity contribution is 7.91. The molecule has 3 nitrogen and oxygen atoms in total. The van der Waals surface area contributed by atoms with Crippen molar-refractivity contribution in [1.29, 1.82) is 0 Å². The summed E-state index contributed by atoms with van der Waals surface area (Å²) in [5, 5.41) is -0.944. The summed E-state index contributed by atoms with van der Waals surface area (Å²) in [7, 11) is -3.63. The summed E-state index contributed by atoms with van der Waals surface area (Å²) in [6, 6.07) is 12.1. The minimum atomic E-state index is -3.63. The van der Waals surface area contributed by atoms with Crippen molar-refractivity contribution in [2.45, 2.75) is 17.1 Å². The summed E-state index contributed by atoms with van der Waals surface area (Å²) >= 11 is 0. The Labute approximate surface area is 118 Å². The number of nitrogens with two attached hydrogens (primary N) is 1. The standard InChI is InChI=1S/C15H16FNO2S/c1-11-5-7-14(8-6-11)20(18,19)15(10-17)12-3-2-4-13(16)9-12/h2-9,15H,10,17H2,1H3/t15-/m0/s1. The first-order valence-electron chi connectivity index (χ1n) is 6.21. The summed E-state index contributed by atoms with van der Waals surface area (Å²) in [6.07, 6.45) is 0. The first-order chi connectivity index (χ1) is 9.45. The lowest BCUT2D eigenvalue weighted by Gasteiger charge is -2.16. The fourth-order valence-electron chi connectivity index (χ4n) is 2.04. The molecular weight excluding hydrogens is 277 g/mol. The summed E-state index contributed by atoms with van der Waals surface area (Å²) in [5.41, 5.74) is 6.95. The van der Waals surface area contributed by atoms with Crippen LogP contribution in [0, 0.1) is 12.7 Å². The van der Waals surface area contributed by atoms with Crippen LogP contribution in [0.5, 0.6) is 0 Å². The highest BCUT2D eigenvalue weighted by Gasteiger charge is 2.28. The number of hydrogen-bond acceptors (Lipinski definition) is 3. The van der Waals surface area contributed by atoms with E-state index in [2.05, 4.69) is 0 Å². The zero-order valence-electron chi connectivity index (χ0n) is 11.1. The van der Waals surface area contributed by atoms with Crippen molar-refractivity contribution in [2.75, 3.05) is 6.54 Å². The van der Waals surface area contributed by atoms with Crippen molar-refractivity contribution in [3.05, 3.63) is 65.5 Å². The normalized spacial score (nSPS) is 13.2. The van der Waals surface area contributed by atoms with Crippen LogP contribution in [0.25, 0.3) is 0 Å². The lowest BCUT2D eigenvalue weighted by atomic mass is 10.1. The van der Waals surface area contributed by atoms with Gasteiger partial charge in [-0.3, -0.25) is 0 Å². The highest BCUT2D eigenvalue weighted by Crippen LogP contribution is 2.28. The Morgan fingerprint density at radius 1 is 1.15 bits per heavy atom. The van der Waals surface area contributed by atoms with E-state index in [1.165, 1.54) is 18.2 Å². The van der Waals surface area contributed by atoms with E-state index in [9.17, 15) is 12.8 Å². The van der Waals surface area contributed by atoms with Crippen LogP contribution in [-0.4, -0.2) is 15.0 Å². The zero-order valence-corrected chi connectivity index (χ0v) is 11.9. The highest BCUT2D eigenvalue weighted by atomic mass is 32.2. The molecule has 0 aliphatic rings. The fraction of sp³-hybridized carbons (Fsp3) is 0.200. The summed E-state index contributed by atoms with van der Waals surface area (Å²) in [6.45, 7) is 1.78. The average molecular weight is 293 g/mol. The molecule has 2 aromatic carbocycles. The largest absolute Gasteiger partial charge is 0.329 e. The van der Waals surface area contributed by atoms with E-state index in [0.29, 0.717) is 5.56 Å². The van der Waals surface area contributed by atoms with Crippen LogP contribution in [0.1, 0.15) is 16.4 Å². The van der Waals surface area contributed by atoms with Crippen LogP contribution in [0.4, 0.5) is 4.39 Å². The van der Waals surface area contributed by atoms with Crippen molar-refractivity contribution in [2.24, 2.45) is 5.73 Å². The van der Waals surface area contributed by atoms with Gasteiger partial charge >= 0.3 is 0 Å². The Bertz CT molecular complexity index is 696. The van der Waals surface area contributed by atoms with Crippen LogP contribution in [0.15, 0.2) is 53.4 Å². The third kappa shape index (κ3) is 2.89. The van der Waals surface area contributed by atoms with Gasteiger partial charge in [0, 0.05) is 6.54 Å². The maximum absolute atomic E-state index is 13.3. The molecule has 5 heteroatoms. The average Bonchev–Trinajstić information content (AvgIpc) is 2.40. The SMILES string of the molecule is Cc1ccc(S(=O)(=O)[C@@H](CN)c2cccc(F)c2)cc1. The Morgan fingerprint density at radius 2 is 1.80 bits per heavy atom. The molecule has 2 N–H and O–H groups in total. The van der Waals surface area contributed by atoms with Crippen molar-refractivity contribution in [3.8, 4) is 0 Å². The van der Waals surface area contributed by atoms with Gasteiger partial charge in [-0.25, -0.2) is 12.8 Å². The maximum Gasteiger partial charge on any atom is 0.186 e. The zero-order chi connectivity index (χ0) is 14.8. The molecule has 0 amide bonds. The molecule has 0 saturated heterocycles. The molecule has 0 radical (unpaired) electrons. The van der Waals surface area contributed by atoms with Crippen LogP contribution in [-0.2, 0) is 9.84 Å². The third-order valence-electron chi connectivity index (χ3n) is 3.16. The second-order valence-corrected chi connectivity index (χ2v) is 6.77. The fourth-order valence-corrected chi connectivity index (χ4v) is 3.64. The Balaban J connectivity index is 2.47. The van der Waals surface area contributed by atoms with Gasteiger partial charge in [0.15, 0.2) is 9.84 Å². The predicted molar refractivity (Wildman–Crippen MR) is 76.6 cm³/mol. The van der Waals surface area contributed by atoms with Gasteiger partial charge in [0.05, 0.1) is 4.90 Å². The molecule has 0 aromatic heterocycles. The summed E-state index contributed by atoms with van der Waals surface area (Å²) in [4.78, 5) is 0.197. The molecule has 106 valence electrons. The third-order valence-corrected chi connectivity index (χ3v) is 5.30. The molecule has 0 saturated carbocycles. The van der Waals surface area contributed by atoms with E-state index in [1.54, 1.807) is 30.3 Å². The molecule has 0 fully saturated rings. The minimum Gasteiger partial charge on any atom is -0.329 e. The Hall–Kier alpha value is -1.72. The van der Waals surface area contributed by atoms with Crippen molar-refractivity contribution in [3.63, 3.8) is 0 Å². The van der Waals surface area contributed by atoms with Crippen LogP contribution < -0.4 is 5.73 Å². The molecule has 0 aliphatic heterocycles. The number of hydrogen-bond donors (Lipinski definition) is 1. The van der Waals surface area contributed by atoms with E-state index < -0.39 is 20.9 Å². The molecule has 2 aromatic rings. The Morgan fingerprint density at radius 3 is 2.35 bits per heavy atom. The number of halogens is 1. The van der Waals surface area contributed by atoms with E-state index in [-0.39, 0.29) is 11.4 Å². The number of aryl methyl sites for hydroxylation is 1. The predicted octanol–water partition coefficient (Wildman–Crippen LogP) is 2.61. The molecular formula is C15H16FNO2S. The van der Waals surface area contributed by atoms with E-state index in [4.69, 9.17) is 5.73 Å². The molecule has 20 heavy (non-hydrogen) atoms. The van der Waals surface area contributed by atoms with Crippen LogP contribution in [0.2, 0.25) is 0 Å². The second kappa shape index (κ2) is 5.73. The van der Waals surface area contributed by atoms with E-state index in [1.807, 2.05) is 6.92 Å². The summed E-state index contributed by atoms with van der Waals surface area (Å²) in [5.74, 6) is -0.472. The first-order valence-corrected chi connectivity index (χ1v) is 7.76. The lowest BCUT2D eigenvalue weighted by Crippen LogP contribution is -2.22. The lowest BCUT2D eigenvalue weighted by molar-refractivity contribution is 0.581. The van der Waals surface area contributed by atoms with Gasteiger partial charge < -0.3 is 5.73 Å².